The third kappa shape index (κ3) is 12.0. The van der Waals surface area contributed by atoms with Gasteiger partial charge in [-0.1, -0.05) is 273 Å². The summed E-state index contributed by atoms with van der Waals surface area (Å²) in [6, 6.07) is 97.0. The van der Waals surface area contributed by atoms with E-state index in [0.29, 0.717) is 0 Å². The molecule has 0 aromatic heterocycles. The Labute approximate surface area is 366 Å². The van der Waals surface area contributed by atoms with Gasteiger partial charge >= 0.3 is 19.5 Å². The Balaban J connectivity index is 0.000000236. The maximum Gasteiger partial charge on any atom is 3.00 e. The standard InChI is InChI=1S/3C18H15P.Rh.3H/c3*1-4-10-16(11-5-1)19(17-12-6-2-7-13-17)18-14-8-3-9-15-18;;;;/h3*1-15H;;;;/q;;;+3;3*-1. The van der Waals surface area contributed by atoms with E-state index in [2.05, 4.69) is 273 Å². The van der Waals surface area contributed by atoms with E-state index in [4.69, 9.17) is 0 Å². The van der Waals surface area contributed by atoms with Crippen LogP contribution in [-0.4, -0.2) is 0 Å². The van der Waals surface area contributed by atoms with E-state index in [0.717, 1.165) is 0 Å². The molecule has 0 nitrogen and oxygen atoms in total. The summed E-state index contributed by atoms with van der Waals surface area (Å²) in [6.07, 6.45) is 0. The third-order valence-electron chi connectivity index (χ3n) is 9.13. The Morgan fingerprint density at radius 3 is 0.328 bits per heavy atom. The topological polar surface area (TPSA) is 0 Å². The SMILES string of the molecule is [H-].[H-].[H-].[Rh+3].c1ccc(P(c2ccccc2)c2ccccc2)cc1.c1ccc(P(c2ccccc2)c2ccccc2)cc1.c1ccc(P(c2ccccc2)c2ccccc2)cc1. The van der Waals surface area contributed by atoms with Crippen LogP contribution in [0.1, 0.15) is 4.28 Å². The molecule has 4 heteroatoms. The molecule has 58 heavy (non-hydrogen) atoms. The molecule has 0 unspecified atom stereocenters. The van der Waals surface area contributed by atoms with Crippen LogP contribution in [-0.2, 0) is 19.5 Å². The molecule has 0 spiro atoms. The molecule has 0 N–H and O–H groups in total. The molecule has 0 amide bonds. The van der Waals surface area contributed by atoms with E-state index in [9.17, 15) is 0 Å². The molecular weight excluding hydrogens is 844 g/mol. The molecule has 0 radical (unpaired) electrons. The quantitative estimate of drug-likeness (QED) is 0.100. The molecule has 9 aromatic carbocycles. The van der Waals surface area contributed by atoms with Gasteiger partial charge in [0.1, 0.15) is 0 Å². The fraction of sp³-hybridized carbons (Fsp3) is 0. The van der Waals surface area contributed by atoms with Crippen LogP contribution < -0.4 is 47.7 Å². The predicted molar refractivity (Wildman–Crippen MR) is 259 cm³/mol. The van der Waals surface area contributed by atoms with Gasteiger partial charge in [-0.3, -0.25) is 0 Å². The van der Waals surface area contributed by atoms with Gasteiger partial charge in [0.2, 0.25) is 0 Å². The summed E-state index contributed by atoms with van der Waals surface area (Å²) in [5.41, 5.74) is 0. The molecule has 0 aliphatic rings. The third-order valence-corrected chi connectivity index (χ3v) is 16.5. The van der Waals surface area contributed by atoms with Crippen molar-refractivity contribution < 1.29 is 23.8 Å². The second-order valence-corrected chi connectivity index (χ2v) is 19.7. The Morgan fingerprint density at radius 2 is 0.241 bits per heavy atom. The van der Waals surface area contributed by atoms with Crippen molar-refractivity contribution in [3.63, 3.8) is 0 Å². The fourth-order valence-corrected chi connectivity index (χ4v) is 13.5. The van der Waals surface area contributed by atoms with Gasteiger partial charge in [0.25, 0.3) is 0 Å². The maximum atomic E-state index is 2.23. The predicted octanol–water partition coefficient (Wildman–Crippen LogP) is 10.7. The summed E-state index contributed by atoms with van der Waals surface area (Å²) >= 11 is 0. The molecule has 0 aliphatic carbocycles. The van der Waals surface area contributed by atoms with Crippen molar-refractivity contribution in [2.45, 2.75) is 0 Å². The molecule has 0 heterocycles. The Bertz CT molecular complexity index is 1880. The van der Waals surface area contributed by atoms with Crippen molar-refractivity contribution in [3.8, 4) is 0 Å². The average Bonchev–Trinajstić information content (AvgIpc) is 3.30. The molecule has 0 aliphatic heterocycles. The second kappa shape index (κ2) is 23.3. The first-order chi connectivity index (χ1) is 28.3. The molecule has 288 valence electrons. The van der Waals surface area contributed by atoms with Gasteiger partial charge in [0.15, 0.2) is 0 Å². The number of hydrogen-bond acceptors (Lipinski definition) is 0. The minimum absolute atomic E-state index is 0. The van der Waals surface area contributed by atoms with E-state index in [-0.39, 0.29) is 23.8 Å². The van der Waals surface area contributed by atoms with Gasteiger partial charge in [0.05, 0.1) is 0 Å². The van der Waals surface area contributed by atoms with Crippen molar-refractivity contribution >= 4 is 71.5 Å². The van der Waals surface area contributed by atoms with Gasteiger partial charge in [-0.15, -0.1) is 0 Å². The molecule has 9 aromatic rings. The number of benzene rings is 9. The van der Waals surface area contributed by atoms with Crippen LogP contribution >= 0.6 is 23.8 Å². The van der Waals surface area contributed by atoms with Crippen molar-refractivity contribution in [1.29, 1.82) is 0 Å². The van der Waals surface area contributed by atoms with Crippen molar-refractivity contribution in [1.82, 2.24) is 0 Å². The summed E-state index contributed by atoms with van der Waals surface area (Å²) in [5.74, 6) is 0. The summed E-state index contributed by atoms with van der Waals surface area (Å²) < 4.78 is 0. The molecule has 0 fully saturated rings. The summed E-state index contributed by atoms with van der Waals surface area (Å²) in [5, 5.41) is 12.6. The van der Waals surface area contributed by atoms with Crippen molar-refractivity contribution in [2.75, 3.05) is 0 Å². The van der Waals surface area contributed by atoms with Gasteiger partial charge in [-0.05, 0) is 71.5 Å². The van der Waals surface area contributed by atoms with Crippen molar-refractivity contribution in [2.24, 2.45) is 0 Å². The van der Waals surface area contributed by atoms with Crippen LogP contribution in [0, 0.1) is 0 Å². The molecular formula is C54H48P3Rh. The number of rotatable bonds is 9. The average molecular weight is 893 g/mol. The van der Waals surface area contributed by atoms with Crippen LogP contribution in [0.5, 0.6) is 0 Å². The Hall–Kier alpha value is -5.11. The maximum absolute atomic E-state index is 2.23. The van der Waals surface area contributed by atoms with Gasteiger partial charge in [-0.2, -0.15) is 0 Å². The van der Waals surface area contributed by atoms with Crippen LogP contribution in [0.4, 0.5) is 0 Å². The monoisotopic (exact) mass is 892 g/mol. The first-order valence-corrected chi connectivity index (χ1v) is 23.2. The summed E-state index contributed by atoms with van der Waals surface area (Å²) in [7, 11) is -1.34. The zero-order valence-corrected chi connectivity index (χ0v) is 36.5. The molecule has 0 bridgehead atoms. The largest absolute Gasteiger partial charge is 3.00 e. The smallest absolute Gasteiger partial charge is 1.00 e. The zero-order chi connectivity index (χ0) is 38.7. The van der Waals surface area contributed by atoms with Gasteiger partial charge in [-0.25, -0.2) is 0 Å². The minimum Gasteiger partial charge on any atom is -1.00 e. The summed E-state index contributed by atoms with van der Waals surface area (Å²) in [6.45, 7) is 0. The first kappa shape index (κ1) is 42.5. The van der Waals surface area contributed by atoms with Gasteiger partial charge in [0, 0.05) is 0 Å². The van der Waals surface area contributed by atoms with E-state index in [1.54, 1.807) is 0 Å². The Kier molecular flexibility index (Phi) is 17.1. The van der Waals surface area contributed by atoms with Crippen molar-refractivity contribution in [3.05, 3.63) is 273 Å². The van der Waals surface area contributed by atoms with Crippen LogP contribution in [0.25, 0.3) is 0 Å². The molecule has 9 rings (SSSR count). The van der Waals surface area contributed by atoms with E-state index in [1.165, 1.54) is 47.7 Å². The Morgan fingerprint density at radius 1 is 0.155 bits per heavy atom. The number of hydrogen-bond donors (Lipinski definition) is 0. The normalized spacial score (nSPS) is 10.4. The molecule has 0 saturated carbocycles. The zero-order valence-electron chi connectivity index (χ0n) is 35.2. The fourth-order valence-electron chi connectivity index (χ4n) is 6.54. The van der Waals surface area contributed by atoms with E-state index >= 15 is 0 Å². The van der Waals surface area contributed by atoms with Crippen LogP contribution in [0.3, 0.4) is 0 Å². The molecule has 0 saturated heterocycles. The van der Waals surface area contributed by atoms with Crippen LogP contribution in [0.15, 0.2) is 273 Å². The van der Waals surface area contributed by atoms with Crippen LogP contribution in [0.2, 0.25) is 0 Å². The summed E-state index contributed by atoms with van der Waals surface area (Å²) in [4.78, 5) is 0. The minimum atomic E-state index is -0.446. The van der Waals surface area contributed by atoms with E-state index in [1.807, 2.05) is 0 Å². The van der Waals surface area contributed by atoms with Gasteiger partial charge < -0.3 is 4.28 Å². The first-order valence-electron chi connectivity index (χ1n) is 19.2. The van der Waals surface area contributed by atoms with E-state index < -0.39 is 23.8 Å². The second-order valence-electron chi connectivity index (χ2n) is 13.0. The molecule has 0 atom stereocenters.